The van der Waals surface area contributed by atoms with Crippen molar-refractivity contribution < 1.29 is 19.9 Å². The van der Waals surface area contributed by atoms with Gasteiger partial charge >= 0.3 is 6.75 Å². The summed E-state index contributed by atoms with van der Waals surface area (Å²) in [6.45, 7) is -3.57. The van der Waals surface area contributed by atoms with E-state index in [1.807, 2.05) is 0 Å². The van der Waals surface area contributed by atoms with Gasteiger partial charge in [0.2, 0.25) is 0 Å². The Morgan fingerprint density at radius 3 is 2.17 bits per heavy atom. The van der Waals surface area contributed by atoms with E-state index in [0.29, 0.717) is 6.29 Å². The Balaban J connectivity index is 3.23. The largest absolute Gasteiger partial charge is 0.556 e. The summed E-state index contributed by atoms with van der Waals surface area (Å²) in [5, 5.41) is 26.4. The van der Waals surface area contributed by atoms with Crippen molar-refractivity contribution in [2.75, 3.05) is 0 Å². The van der Waals surface area contributed by atoms with E-state index in [4.69, 9.17) is 15.1 Å². The van der Waals surface area contributed by atoms with Crippen LogP contribution >= 0.6 is 0 Å². The highest BCUT2D eigenvalue weighted by Gasteiger charge is 2.20. The molecule has 0 amide bonds. The molecular weight excluding hydrogens is 159 g/mol. The van der Waals surface area contributed by atoms with Crippen LogP contribution in [-0.2, 0) is 0 Å². The Labute approximate surface area is 69.1 Å². The zero-order chi connectivity index (χ0) is 9.19. The van der Waals surface area contributed by atoms with Crippen LogP contribution in [0.25, 0.3) is 0 Å². The predicted molar refractivity (Wildman–Crippen MR) is 43.9 cm³/mol. The van der Waals surface area contributed by atoms with Crippen molar-refractivity contribution in [3.05, 3.63) is 29.8 Å². The highest BCUT2D eigenvalue weighted by Crippen LogP contribution is 1.97. The summed E-state index contributed by atoms with van der Waals surface area (Å²) in [5.74, 6) is 0. The third kappa shape index (κ3) is 1.71. The molecule has 0 saturated heterocycles. The van der Waals surface area contributed by atoms with Crippen LogP contribution in [0.2, 0.25) is 0 Å². The molecule has 1 rings (SSSR count). The zero-order valence-electron chi connectivity index (χ0n) is 6.21. The molecule has 4 nitrogen and oxygen atoms in total. The van der Waals surface area contributed by atoms with Crippen molar-refractivity contribution in [3.8, 4) is 0 Å². The Bertz CT molecular complexity index is 292. The lowest BCUT2D eigenvalue weighted by Crippen LogP contribution is -2.50. The van der Waals surface area contributed by atoms with E-state index in [-0.39, 0.29) is 11.0 Å². The number of aldehydes is 1. The fourth-order valence-electron chi connectivity index (χ4n) is 0.971. The molecule has 0 spiro atoms. The molecule has 1 aromatic rings. The Morgan fingerprint density at radius 1 is 1.17 bits per heavy atom. The molecule has 0 aliphatic heterocycles. The Morgan fingerprint density at radius 2 is 1.75 bits per heavy atom. The molecular formula is C7H8BO4-. The van der Waals surface area contributed by atoms with E-state index in [0.717, 1.165) is 0 Å². The third-order valence-electron chi connectivity index (χ3n) is 1.54. The standard InChI is InChI=1S/C7H8BO4/c9-5-6-3-1-2-4-7(6)8(10,11)12/h1-5,10-12H/q-1. The SMILES string of the molecule is O=Cc1ccccc1[B-](O)(O)O. The van der Waals surface area contributed by atoms with Gasteiger partial charge < -0.3 is 15.1 Å². The first-order valence-corrected chi connectivity index (χ1v) is 3.41. The summed E-state index contributed by atoms with van der Waals surface area (Å²) in [6, 6.07) is 5.74. The minimum atomic E-state index is -3.57. The summed E-state index contributed by atoms with van der Waals surface area (Å²) in [6.07, 6.45) is 0.453. The van der Waals surface area contributed by atoms with Crippen LogP contribution in [-0.4, -0.2) is 28.1 Å². The van der Waals surface area contributed by atoms with E-state index in [1.54, 1.807) is 6.07 Å². The van der Waals surface area contributed by atoms with Crippen molar-refractivity contribution >= 4 is 18.5 Å². The van der Waals surface area contributed by atoms with Crippen molar-refractivity contribution in [1.29, 1.82) is 0 Å². The van der Waals surface area contributed by atoms with Crippen LogP contribution in [0.3, 0.4) is 0 Å². The van der Waals surface area contributed by atoms with Gasteiger partial charge in [0.05, 0.1) is 0 Å². The molecule has 0 saturated carbocycles. The van der Waals surface area contributed by atoms with Crippen LogP contribution in [0.4, 0.5) is 0 Å². The first kappa shape index (κ1) is 8.93. The van der Waals surface area contributed by atoms with Gasteiger partial charge in [-0.1, -0.05) is 24.3 Å². The Kier molecular flexibility index (Phi) is 2.28. The second-order valence-electron chi connectivity index (χ2n) is 2.48. The summed E-state index contributed by atoms with van der Waals surface area (Å²) in [5.41, 5.74) is -0.0856. The Hall–Kier alpha value is -1.17. The maximum Gasteiger partial charge on any atom is 0.403 e. The lowest BCUT2D eigenvalue weighted by molar-refractivity contribution is 0.112. The number of rotatable bonds is 2. The first-order valence-electron chi connectivity index (χ1n) is 3.41. The van der Waals surface area contributed by atoms with Crippen LogP contribution in [0.5, 0.6) is 0 Å². The molecule has 1 aromatic carbocycles. The lowest BCUT2D eigenvalue weighted by Gasteiger charge is -2.22. The molecule has 0 fully saturated rings. The number of benzene rings is 1. The average molecular weight is 167 g/mol. The van der Waals surface area contributed by atoms with E-state index in [2.05, 4.69) is 0 Å². The molecule has 5 heteroatoms. The van der Waals surface area contributed by atoms with Crippen molar-refractivity contribution in [2.24, 2.45) is 0 Å². The van der Waals surface area contributed by atoms with Crippen LogP contribution in [0.15, 0.2) is 24.3 Å². The quantitative estimate of drug-likeness (QED) is 0.374. The summed E-state index contributed by atoms with van der Waals surface area (Å²) in [4.78, 5) is 10.4. The number of hydrogen-bond acceptors (Lipinski definition) is 4. The third-order valence-corrected chi connectivity index (χ3v) is 1.54. The fourth-order valence-corrected chi connectivity index (χ4v) is 0.971. The molecule has 64 valence electrons. The van der Waals surface area contributed by atoms with Crippen molar-refractivity contribution in [3.63, 3.8) is 0 Å². The average Bonchev–Trinajstić information content (AvgIpc) is 2.03. The van der Waals surface area contributed by atoms with Gasteiger partial charge in [-0.3, -0.25) is 4.79 Å². The summed E-state index contributed by atoms with van der Waals surface area (Å²) >= 11 is 0. The fraction of sp³-hybridized carbons (Fsp3) is 0. The summed E-state index contributed by atoms with van der Waals surface area (Å²) in [7, 11) is 0. The molecule has 0 radical (unpaired) electrons. The normalized spacial score (nSPS) is 11.2. The highest BCUT2D eigenvalue weighted by molar-refractivity contribution is 6.72. The zero-order valence-corrected chi connectivity index (χ0v) is 6.21. The van der Waals surface area contributed by atoms with Crippen LogP contribution in [0, 0.1) is 0 Å². The van der Waals surface area contributed by atoms with Gasteiger partial charge in [0.15, 0.2) is 0 Å². The molecule has 12 heavy (non-hydrogen) atoms. The van der Waals surface area contributed by atoms with E-state index in [1.165, 1.54) is 18.2 Å². The van der Waals surface area contributed by atoms with Gasteiger partial charge in [-0.15, -0.1) is 5.46 Å². The molecule has 0 aromatic heterocycles. The second kappa shape index (κ2) is 3.06. The molecule has 0 unspecified atom stereocenters. The molecule has 3 N–H and O–H groups in total. The lowest BCUT2D eigenvalue weighted by atomic mass is 9.69. The van der Waals surface area contributed by atoms with Gasteiger partial charge in [0, 0.05) is 0 Å². The topological polar surface area (TPSA) is 77.8 Å². The molecule has 0 heterocycles. The monoisotopic (exact) mass is 167 g/mol. The number of carbonyl (C=O) groups excluding carboxylic acids is 1. The van der Waals surface area contributed by atoms with Gasteiger partial charge in [0.1, 0.15) is 6.29 Å². The second-order valence-corrected chi connectivity index (χ2v) is 2.48. The van der Waals surface area contributed by atoms with Gasteiger partial charge in [-0.2, -0.15) is 0 Å². The van der Waals surface area contributed by atoms with E-state index < -0.39 is 6.75 Å². The molecule has 0 aliphatic carbocycles. The van der Waals surface area contributed by atoms with Crippen LogP contribution in [0.1, 0.15) is 10.4 Å². The minimum absolute atomic E-state index is 0.0741. The van der Waals surface area contributed by atoms with Crippen molar-refractivity contribution in [2.45, 2.75) is 0 Å². The molecule has 0 atom stereocenters. The molecule has 0 bridgehead atoms. The smallest absolute Gasteiger partial charge is 0.403 e. The maximum absolute atomic E-state index is 10.4. The number of hydrogen-bond donors (Lipinski definition) is 3. The van der Waals surface area contributed by atoms with Crippen LogP contribution < -0.4 is 5.46 Å². The van der Waals surface area contributed by atoms with Gasteiger partial charge in [-0.25, -0.2) is 0 Å². The summed E-state index contributed by atoms with van der Waals surface area (Å²) < 4.78 is 0. The highest BCUT2D eigenvalue weighted by atomic mass is 16.5. The van der Waals surface area contributed by atoms with E-state index >= 15 is 0 Å². The first-order chi connectivity index (χ1) is 5.55. The predicted octanol–water partition coefficient (Wildman–Crippen LogP) is -1.38. The minimum Gasteiger partial charge on any atom is -0.556 e. The maximum atomic E-state index is 10.4. The van der Waals surface area contributed by atoms with E-state index in [9.17, 15) is 4.79 Å². The van der Waals surface area contributed by atoms with Crippen molar-refractivity contribution in [1.82, 2.24) is 0 Å². The van der Waals surface area contributed by atoms with Gasteiger partial charge in [-0.05, 0) is 5.56 Å². The van der Waals surface area contributed by atoms with Gasteiger partial charge in [0.25, 0.3) is 0 Å². The number of carbonyl (C=O) groups is 1. The molecule has 0 aliphatic rings.